The van der Waals surface area contributed by atoms with Gasteiger partial charge in [0.2, 0.25) is 5.91 Å². The second-order valence-electron chi connectivity index (χ2n) is 12.3. The van der Waals surface area contributed by atoms with Crippen LogP contribution in [0.4, 0.5) is 9.59 Å². The average molecular weight is 631 g/mol. The third-order valence-electron chi connectivity index (χ3n) is 7.01. The first-order valence-electron chi connectivity index (χ1n) is 15.2. The lowest BCUT2D eigenvalue weighted by molar-refractivity contribution is -0.126. The van der Waals surface area contributed by atoms with Crippen LogP contribution in [0.3, 0.4) is 0 Å². The second kappa shape index (κ2) is 18.3. The summed E-state index contributed by atoms with van der Waals surface area (Å²) in [7, 11) is 0. The summed E-state index contributed by atoms with van der Waals surface area (Å²) >= 11 is 0. The molecule has 2 aromatic carbocycles. The van der Waals surface area contributed by atoms with Gasteiger partial charge in [-0.1, -0.05) is 74.5 Å². The van der Waals surface area contributed by atoms with E-state index in [2.05, 4.69) is 10.6 Å². The smallest absolute Gasteiger partial charge is 0.410 e. The average Bonchev–Trinajstić information content (AvgIpc) is 2.96. The van der Waals surface area contributed by atoms with E-state index in [0.29, 0.717) is 6.42 Å². The molecule has 0 saturated heterocycles. The number of primary amides is 1. The first-order valence-corrected chi connectivity index (χ1v) is 15.2. The Kier molecular flexibility index (Phi) is 15.2. The van der Waals surface area contributed by atoms with Crippen LogP contribution in [0.1, 0.15) is 45.7 Å². The minimum absolute atomic E-state index is 0.0270. The lowest BCUT2D eigenvalue weighted by atomic mass is 9.94. The van der Waals surface area contributed by atoms with Crippen molar-refractivity contribution in [3.63, 3.8) is 0 Å². The number of rotatable bonds is 17. The minimum Gasteiger partial charge on any atom is -0.447 e. The first-order chi connectivity index (χ1) is 21.2. The molecule has 3 amide bonds. The standard InChI is InChI=1S/C33H50N4O8/c1-22(2)29(30(34)41)37(32(43)44-17-16-38)26(19-24-14-10-7-11-15-24)28(40)21-35-20-27(39)25(18-23-12-8-6-9-13-23)36-31(42)45-33(3,4)5/h6-15,22,25-29,35,38-40H,16-21H2,1-5H3,(H2,34,41)(H,36,42)/t25-,26-,27?,28?,29+/m1/s1. The quantitative estimate of drug-likeness (QED) is 0.152. The molecule has 0 fully saturated rings. The minimum atomic E-state index is -1.24. The van der Waals surface area contributed by atoms with E-state index in [-0.39, 0.29) is 26.1 Å². The summed E-state index contributed by atoms with van der Waals surface area (Å²) in [5.41, 5.74) is 6.69. The van der Waals surface area contributed by atoms with Gasteiger partial charge in [-0.3, -0.25) is 9.69 Å². The van der Waals surface area contributed by atoms with Gasteiger partial charge in [0, 0.05) is 13.1 Å². The largest absolute Gasteiger partial charge is 0.447 e. The van der Waals surface area contributed by atoms with Crippen LogP contribution in [0.25, 0.3) is 0 Å². The summed E-state index contributed by atoms with van der Waals surface area (Å²) in [6.45, 7) is 7.85. The number of alkyl carbamates (subject to hydrolysis) is 1. The topological polar surface area (TPSA) is 184 Å². The van der Waals surface area contributed by atoms with Crippen molar-refractivity contribution in [1.29, 1.82) is 0 Å². The van der Waals surface area contributed by atoms with Gasteiger partial charge in [0.25, 0.3) is 0 Å². The number of nitrogens with one attached hydrogen (secondary N) is 2. The Hall–Kier alpha value is -3.71. The van der Waals surface area contributed by atoms with E-state index in [9.17, 15) is 29.7 Å². The van der Waals surface area contributed by atoms with Crippen molar-refractivity contribution in [3.05, 3.63) is 71.8 Å². The Balaban J connectivity index is 2.28. The molecular formula is C33H50N4O8. The van der Waals surface area contributed by atoms with Gasteiger partial charge in [-0.05, 0) is 50.7 Å². The van der Waals surface area contributed by atoms with Gasteiger partial charge in [0.15, 0.2) is 0 Å². The number of benzene rings is 2. The van der Waals surface area contributed by atoms with E-state index in [1.807, 2.05) is 60.7 Å². The Bertz CT molecular complexity index is 1180. The summed E-state index contributed by atoms with van der Waals surface area (Å²) in [5.74, 6) is -1.18. The Labute approximate surface area is 265 Å². The SMILES string of the molecule is CC(C)[C@@H](C(N)=O)N(C(=O)OCCO)[C@H](Cc1ccccc1)C(O)CNCC(O)[C@@H](Cc1ccccc1)NC(=O)OC(C)(C)C. The number of hydrogen-bond acceptors (Lipinski definition) is 9. The molecule has 2 rings (SSSR count). The predicted octanol–water partition coefficient (Wildman–Crippen LogP) is 1.99. The number of hydrogen-bond donors (Lipinski definition) is 6. The van der Waals surface area contributed by atoms with Crippen molar-refractivity contribution in [2.45, 2.75) is 83.4 Å². The predicted molar refractivity (Wildman–Crippen MR) is 170 cm³/mol. The number of amides is 3. The summed E-state index contributed by atoms with van der Waals surface area (Å²) in [4.78, 5) is 39.6. The monoisotopic (exact) mass is 630 g/mol. The normalized spacial score (nSPS) is 15.0. The third kappa shape index (κ3) is 13.0. The fraction of sp³-hybridized carbons (Fsp3) is 0.545. The van der Waals surface area contributed by atoms with Crippen molar-refractivity contribution < 1.29 is 39.2 Å². The van der Waals surface area contributed by atoms with E-state index in [1.54, 1.807) is 34.6 Å². The molecule has 12 nitrogen and oxygen atoms in total. The van der Waals surface area contributed by atoms with Crippen molar-refractivity contribution in [3.8, 4) is 0 Å². The molecule has 0 radical (unpaired) electrons. The number of aliphatic hydroxyl groups excluding tert-OH is 3. The van der Waals surface area contributed by atoms with Crippen LogP contribution in [-0.4, -0.2) is 101 Å². The van der Waals surface area contributed by atoms with Crippen LogP contribution in [0.5, 0.6) is 0 Å². The van der Waals surface area contributed by atoms with Gasteiger partial charge in [0.1, 0.15) is 18.2 Å². The number of carbonyl (C=O) groups excluding carboxylic acids is 3. The van der Waals surface area contributed by atoms with Crippen LogP contribution in [-0.2, 0) is 27.1 Å². The molecular weight excluding hydrogens is 580 g/mol. The van der Waals surface area contributed by atoms with Crippen molar-refractivity contribution in [2.24, 2.45) is 11.7 Å². The fourth-order valence-corrected chi connectivity index (χ4v) is 4.99. The lowest BCUT2D eigenvalue weighted by Crippen LogP contribution is -2.60. The zero-order valence-corrected chi connectivity index (χ0v) is 26.9. The molecule has 2 aromatic rings. The zero-order chi connectivity index (χ0) is 33.6. The maximum Gasteiger partial charge on any atom is 0.410 e. The van der Waals surface area contributed by atoms with Crippen LogP contribution < -0.4 is 16.4 Å². The van der Waals surface area contributed by atoms with E-state index in [1.165, 1.54) is 0 Å². The Morgan fingerprint density at radius 3 is 1.91 bits per heavy atom. The van der Waals surface area contributed by atoms with Crippen molar-refractivity contribution in [2.75, 3.05) is 26.3 Å². The molecule has 0 aliphatic rings. The number of ether oxygens (including phenoxy) is 2. The molecule has 0 aromatic heterocycles. The summed E-state index contributed by atoms with van der Waals surface area (Å²) < 4.78 is 10.6. The maximum absolute atomic E-state index is 13.3. The molecule has 250 valence electrons. The molecule has 0 aliphatic carbocycles. The van der Waals surface area contributed by atoms with E-state index >= 15 is 0 Å². The number of nitrogens with two attached hydrogens (primary N) is 1. The number of carbonyl (C=O) groups is 3. The van der Waals surface area contributed by atoms with Gasteiger partial charge >= 0.3 is 12.2 Å². The Morgan fingerprint density at radius 2 is 1.42 bits per heavy atom. The van der Waals surface area contributed by atoms with E-state index < -0.39 is 66.6 Å². The van der Waals surface area contributed by atoms with Gasteiger partial charge in [-0.2, -0.15) is 0 Å². The molecule has 45 heavy (non-hydrogen) atoms. The molecule has 0 saturated carbocycles. The molecule has 5 atom stereocenters. The first kappa shape index (κ1) is 37.5. The number of aliphatic hydroxyl groups is 3. The van der Waals surface area contributed by atoms with Gasteiger partial charge in [0.05, 0.1) is 30.9 Å². The van der Waals surface area contributed by atoms with Crippen LogP contribution in [0.2, 0.25) is 0 Å². The molecule has 0 aliphatic heterocycles. The van der Waals surface area contributed by atoms with Crippen molar-refractivity contribution in [1.82, 2.24) is 15.5 Å². The van der Waals surface area contributed by atoms with E-state index in [4.69, 9.17) is 15.2 Å². The lowest BCUT2D eigenvalue weighted by Gasteiger charge is -2.40. The van der Waals surface area contributed by atoms with Gasteiger partial charge in [-0.15, -0.1) is 0 Å². The third-order valence-corrected chi connectivity index (χ3v) is 7.01. The Morgan fingerprint density at radius 1 is 0.889 bits per heavy atom. The summed E-state index contributed by atoms with van der Waals surface area (Å²) in [6, 6.07) is 15.7. The maximum atomic E-state index is 13.3. The van der Waals surface area contributed by atoms with Gasteiger partial charge < -0.3 is 41.2 Å². The van der Waals surface area contributed by atoms with Gasteiger partial charge in [-0.25, -0.2) is 9.59 Å². The molecule has 7 N–H and O–H groups in total. The summed E-state index contributed by atoms with van der Waals surface area (Å²) in [5, 5.41) is 37.7. The number of nitrogens with zero attached hydrogens (tertiary/aromatic N) is 1. The van der Waals surface area contributed by atoms with E-state index in [0.717, 1.165) is 16.0 Å². The highest BCUT2D eigenvalue weighted by molar-refractivity contribution is 5.84. The molecule has 0 spiro atoms. The van der Waals surface area contributed by atoms with Crippen molar-refractivity contribution >= 4 is 18.1 Å². The zero-order valence-electron chi connectivity index (χ0n) is 26.9. The molecule has 2 unspecified atom stereocenters. The highest BCUT2D eigenvalue weighted by atomic mass is 16.6. The highest BCUT2D eigenvalue weighted by Crippen LogP contribution is 2.22. The molecule has 0 bridgehead atoms. The summed E-state index contributed by atoms with van der Waals surface area (Å²) in [6.07, 6.45) is -3.42. The van der Waals surface area contributed by atoms with Crippen LogP contribution in [0, 0.1) is 5.92 Å². The fourth-order valence-electron chi connectivity index (χ4n) is 4.99. The van der Waals surface area contributed by atoms with Crippen LogP contribution >= 0.6 is 0 Å². The molecule has 0 heterocycles. The highest BCUT2D eigenvalue weighted by Gasteiger charge is 2.40. The second-order valence-corrected chi connectivity index (χ2v) is 12.3. The molecule has 12 heteroatoms. The van der Waals surface area contributed by atoms with Crippen LogP contribution in [0.15, 0.2) is 60.7 Å².